The number of piperazine rings is 1. The van der Waals surface area contributed by atoms with Crippen molar-refractivity contribution in [3.05, 3.63) is 33.8 Å². The minimum Gasteiger partial charge on any atom is -0.357 e. The van der Waals surface area contributed by atoms with Gasteiger partial charge in [0.15, 0.2) is 5.96 Å². The van der Waals surface area contributed by atoms with Crippen LogP contribution in [-0.4, -0.2) is 60.9 Å². The lowest BCUT2D eigenvalue weighted by Gasteiger charge is -2.36. The van der Waals surface area contributed by atoms with E-state index < -0.39 is 0 Å². The Morgan fingerprint density at radius 3 is 2.42 bits per heavy atom. The maximum atomic E-state index is 11.4. The van der Waals surface area contributed by atoms with Gasteiger partial charge < -0.3 is 15.1 Å². The lowest BCUT2D eigenvalue weighted by atomic mass is 10.1. The summed E-state index contributed by atoms with van der Waals surface area (Å²) < 4.78 is 0. The fourth-order valence-corrected chi connectivity index (χ4v) is 3.34. The van der Waals surface area contributed by atoms with Crippen LogP contribution in [0.2, 0.25) is 10.0 Å². The summed E-state index contributed by atoms with van der Waals surface area (Å²) in [6, 6.07) is 5.62. The van der Waals surface area contributed by atoms with Crippen molar-refractivity contribution in [2.75, 3.05) is 39.3 Å². The van der Waals surface area contributed by atoms with E-state index in [0.29, 0.717) is 10.0 Å². The molecule has 1 amide bonds. The zero-order valence-electron chi connectivity index (χ0n) is 15.3. The molecule has 1 aromatic carbocycles. The fraction of sp³-hybridized carbons (Fsp3) is 0.556. The van der Waals surface area contributed by atoms with Crippen molar-refractivity contribution < 1.29 is 4.79 Å². The molecule has 1 saturated heterocycles. The molecule has 0 aliphatic carbocycles. The highest BCUT2D eigenvalue weighted by Crippen LogP contribution is 2.22. The summed E-state index contributed by atoms with van der Waals surface area (Å²) in [7, 11) is 0. The number of benzene rings is 1. The van der Waals surface area contributed by atoms with Crippen LogP contribution in [0.5, 0.6) is 0 Å². The molecule has 1 aliphatic rings. The molecule has 2 rings (SSSR count). The Bertz CT molecular complexity index is 619. The number of rotatable bonds is 5. The third-order valence-electron chi connectivity index (χ3n) is 4.24. The van der Waals surface area contributed by atoms with Gasteiger partial charge in [-0.05, 0) is 37.5 Å². The van der Waals surface area contributed by atoms with E-state index in [1.807, 2.05) is 17.0 Å². The summed E-state index contributed by atoms with van der Waals surface area (Å²) in [5.74, 6) is 1.06. The van der Waals surface area contributed by atoms with Crippen molar-refractivity contribution in [3.8, 4) is 0 Å². The van der Waals surface area contributed by atoms with E-state index >= 15 is 0 Å². The molecule has 1 heterocycles. The molecule has 0 spiro atoms. The SMILES string of the molecule is CCNC(=NCCCc1ccc(Cl)cc1Cl)N1CCN(C(C)=O)CC1.I. The van der Waals surface area contributed by atoms with Gasteiger partial charge in [0.25, 0.3) is 0 Å². The molecule has 5 nitrogen and oxygen atoms in total. The third-order valence-corrected chi connectivity index (χ3v) is 4.83. The van der Waals surface area contributed by atoms with Crippen LogP contribution >= 0.6 is 47.2 Å². The molecule has 1 aromatic rings. The summed E-state index contributed by atoms with van der Waals surface area (Å²) in [5, 5.41) is 4.71. The van der Waals surface area contributed by atoms with Gasteiger partial charge in [-0.15, -0.1) is 24.0 Å². The van der Waals surface area contributed by atoms with Gasteiger partial charge in [-0.2, -0.15) is 0 Å². The van der Waals surface area contributed by atoms with Crippen LogP contribution in [0.3, 0.4) is 0 Å². The summed E-state index contributed by atoms with van der Waals surface area (Å²) >= 11 is 12.1. The van der Waals surface area contributed by atoms with Crippen LogP contribution in [0, 0.1) is 0 Å². The Hall–Kier alpha value is -0.730. The fourth-order valence-electron chi connectivity index (χ4n) is 2.84. The number of hydrogen-bond acceptors (Lipinski definition) is 2. The van der Waals surface area contributed by atoms with Crippen LogP contribution in [-0.2, 0) is 11.2 Å². The largest absolute Gasteiger partial charge is 0.357 e. The second kappa shape index (κ2) is 11.9. The highest BCUT2D eigenvalue weighted by atomic mass is 127. The van der Waals surface area contributed by atoms with Crippen LogP contribution in [0.4, 0.5) is 0 Å². The van der Waals surface area contributed by atoms with E-state index in [1.165, 1.54) is 0 Å². The van der Waals surface area contributed by atoms with Crippen molar-refractivity contribution in [2.24, 2.45) is 4.99 Å². The minimum absolute atomic E-state index is 0. The van der Waals surface area contributed by atoms with E-state index in [-0.39, 0.29) is 29.9 Å². The minimum atomic E-state index is 0. The van der Waals surface area contributed by atoms with Gasteiger partial charge in [0.2, 0.25) is 5.91 Å². The molecule has 1 N–H and O–H groups in total. The Balaban J connectivity index is 0.00000338. The highest BCUT2D eigenvalue weighted by Gasteiger charge is 2.20. The van der Waals surface area contributed by atoms with Gasteiger partial charge in [-0.25, -0.2) is 0 Å². The van der Waals surface area contributed by atoms with Crippen LogP contribution < -0.4 is 5.32 Å². The number of nitrogens with zero attached hydrogens (tertiary/aromatic N) is 3. The summed E-state index contributed by atoms with van der Waals surface area (Å²) in [6.45, 7) is 8.37. The quantitative estimate of drug-likeness (QED) is 0.283. The summed E-state index contributed by atoms with van der Waals surface area (Å²) in [5.41, 5.74) is 1.10. The monoisotopic (exact) mass is 512 g/mol. The predicted octanol–water partition coefficient (Wildman–Crippen LogP) is 3.67. The number of guanidine groups is 1. The molecule has 8 heteroatoms. The maximum Gasteiger partial charge on any atom is 0.219 e. The molecule has 1 aliphatic heterocycles. The van der Waals surface area contributed by atoms with Crippen molar-refractivity contribution >= 4 is 59.0 Å². The van der Waals surface area contributed by atoms with Gasteiger partial charge in [0, 0.05) is 56.2 Å². The molecule has 0 radical (unpaired) electrons. The van der Waals surface area contributed by atoms with Crippen molar-refractivity contribution in [1.82, 2.24) is 15.1 Å². The van der Waals surface area contributed by atoms with E-state index in [0.717, 1.165) is 63.6 Å². The Kier molecular flexibility index (Phi) is 10.6. The molecular weight excluding hydrogens is 486 g/mol. The van der Waals surface area contributed by atoms with Crippen LogP contribution in [0.15, 0.2) is 23.2 Å². The normalized spacial score (nSPS) is 14.8. The Morgan fingerprint density at radius 1 is 1.19 bits per heavy atom. The lowest BCUT2D eigenvalue weighted by Crippen LogP contribution is -2.53. The predicted molar refractivity (Wildman–Crippen MR) is 120 cm³/mol. The van der Waals surface area contributed by atoms with Gasteiger partial charge in [0.1, 0.15) is 0 Å². The molecule has 1 fully saturated rings. The number of carbonyl (C=O) groups excluding carboxylic acids is 1. The Morgan fingerprint density at radius 2 is 1.85 bits per heavy atom. The first-order chi connectivity index (χ1) is 12.0. The summed E-state index contributed by atoms with van der Waals surface area (Å²) in [6.07, 6.45) is 1.79. The first-order valence-corrected chi connectivity index (χ1v) is 9.49. The zero-order chi connectivity index (χ0) is 18.2. The van der Waals surface area contributed by atoms with Crippen molar-refractivity contribution in [2.45, 2.75) is 26.7 Å². The summed E-state index contributed by atoms with van der Waals surface area (Å²) in [4.78, 5) is 20.3. The first-order valence-electron chi connectivity index (χ1n) is 8.74. The lowest BCUT2D eigenvalue weighted by molar-refractivity contribution is -0.130. The molecule has 0 unspecified atom stereocenters. The number of hydrogen-bond donors (Lipinski definition) is 1. The number of aliphatic imine (C=N–C) groups is 1. The van der Waals surface area contributed by atoms with Gasteiger partial charge in [-0.1, -0.05) is 29.3 Å². The zero-order valence-corrected chi connectivity index (χ0v) is 19.1. The second-order valence-corrected chi connectivity index (χ2v) is 6.91. The number of nitrogens with one attached hydrogen (secondary N) is 1. The van der Waals surface area contributed by atoms with Gasteiger partial charge in [0.05, 0.1) is 0 Å². The number of carbonyl (C=O) groups is 1. The third kappa shape index (κ3) is 7.12. The second-order valence-electron chi connectivity index (χ2n) is 6.07. The number of halogens is 3. The Labute approximate surface area is 183 Å². The van der Waals surface area contributed by atoms with E-state index in [4.69, 9.17) is 28.2 Å². The maximum absolute atomic E-state index is 11.4. The molecule has 0 atom stereocenters. The smallest absolute Gasteiger partial charge is 0.219 e. The molecule has 0 aromatic heterocycles. The molecule has 0 saturated carbocycles. The number of aryl methyl sites for hydroxylation is 1. The van der Waals surface area contributed by atoms with E-state index in [1.54, 1.807) is 13.0 Å². The first kappa shape index (κ1) is 23.3. The van der Waals surface area contributed by atoms with Crippen LogP contribution in [0.25, 0.3) is 0 Å². The molecule has 146 valence electrons. The number of amides is 1. The topological polar surface area (TPSA) is 47.9 Å². The van der Waals surface area contributed by atoms with Crippen molar-refractivity contribution in [3.63, 3.8) is 0 Å². The van der Waals surface area contributed by atoms with Gasteiger partial charge in [-0.3, -0.25) is 9.79 Å². The van der Waals surface area contributed by atoms with Gasteiger partial charge >= 0.3 is 0 Å². The molecular formula is C18H27Cl2IN4O. The van der Waals surface area contributed by atoms with Crippen molar-refractivity contribution in [1.29, 1.82) is 0 Å². The average Bonchev–Trinajstić information content (AvgIpc) is 2.59. The average molecular weight is 513 g/mol. The standard InChI is InChI=1S/C18H26Cl2N4O.HI/c1-3-21-18(24-11-9-23(10-12-24)14(2)25)22-8-4-5-15-6-7-16(19)13-17(15)20;/h6-7,13H,3-5,8-12H2,1-2H3,(H,21,22);1H. The van der Waals surface area contributed by atoms with E-state index in [9.17, 15) is 4.79 Å². The van der Waals surface area contributed by atoms with Crippen LogP contribution in [0.1, 0.15) is 25.8 Å². The molecule has 0 bridgehead atoms. The highest BCUT2D eigenvalue weighted by molar-refractivity contribution is 14.0. The molecule has 26 heavy (non-hydrogen) atoms. The van der Waals surface area contributed by atoms with E-state index in [2.05, 4.69) is 17.1 Å².